The highest BCUT2D eigenvalue weighted by Gasteiger charge is 2.18. The normalized spacial score (nSPS) is 19.1. The van der Waals surface area contributed by atoms with Crippen LogP contribution in [0.1, 0.15) is 29.8 Å². The summed E-state index contributed by atoms with van der Waals surface area (Å²) in [6.45, 7) is 4.34. The van der Waals surface area contributed by atoms with Crippen molar-refractivity contribution >= 4 is 17.2 Å². The molecule has 1 fully saturated rings. The van der Waals surface area contributed by atoms with Crippen LogP contribution in [0, 0.1) is 12.8 Å². The molecule has 18 heavy (non-hydrogen) atoms. The lowest BCUT2D eigenvalue weighted by Gasteiger charge is -2.08. The van der Waals surface area contributed by atoms with Crippen molar-refractivity contribution in [3.8, 4) is 0 Å². The minimum atomic E-state index is 0.159. The molecule has 0 aromatic carbocycles. The summed E-state index contributed by atoms with van der Waals surface area (Å²) in [7, 11) is 0. The molecular weight excluding hydrogens is 248 g/mol. The monoisotopic (exact) mass is 268 g/mol. The van der Waals surface area contributed by atoms with Crippen molar-refractivity contribution in [1.29, 1.82) is 0 Å². The van der Waals surface area contributed by atoms with Gasteiger partial charge in [0.25, 0.3) is 0 Å². The van der Waals surface area contributed by atoms with E-state index in [-0.39, 0.29) is 5.91 Å². The number of nitrogens with one attached hydrogen (secondary N) is 1. The largest absolute Gasteiger partial charge is 0.381 e. The molecule has 2 rings (SSSR count). The van der Waals surface area contributed by atoms with Gasteiger partial charge in [0.05, 0.1) is 11.2 Å². The van der Waals surface area contributed by atoms with E-state index in [9.17, 15) is 4.79 Å². The molecule has 100 valence electrons. The Morgan fingerprint density at radius 2 is 2.56 bits per heavy atom. The Morgan fingerprint density at radius 3 is 3.22 bits per heavy atom. The Bertz CT molecular complexity index is 386. The maximum absolute atomic E-state index is 11.7. The molecule has 0 bridgehead atoms. The number of hydrogen-bond donors (Lipinski definition) is 1. The van der Waals surface area contributed by atoms with Crippen molar-refractivity contribution in [3.63, 3.8) is 0 Å². The average Bonchev–Trinajstić information content (AvgIpc) is 2.97. The molecule has 0 saturated carbocycles. The number of carbonyl (C=O) groups is 1. The van der Waals surface area contributed by atoms with E-state index in [1.54, 1.807) is 11.3 Å². The van der Waals surface area contributed by atoms with E-state index in [1.807, 2.05) is 12.4 Å². The Morgan fingerprint density at radius 1 is 1.67 bits per heavy atom. The molecule has 1 aromatic heterocycles. The summed E-state index contributed by atoms with van der Waals surface area (Å²) in [6.07, 6.45) is 3.62. The molecule has 1 atom stereocenters. The maximum atomic E-state index is 11.7. The average molecular weight is 268 g/mol. The predicted octanol–water partition coefficient (Wildman–Crippen LogP) is 1.93. The number of rotatable bonds is 6. The molecule has 0 spiro atoms. The van der Waals surface area contributed by atoms with E-state index < -0.39 is 0 Å². The number of carbonyl (C=O) groups excluding carboxylic acids is 1. The van der Waals surface area contributed by atoms with Crippen LogP contribution in [-0.2, 0) is 16.0 Å². The van der Waals surface area contributed by atoms with Gasteiger partial charge in [0.2, 0.25) is 5.91 Å². The molecule has 2 heterocycles. The van der Waals surface area contributed by atoms with Crippen molar-refractivity contribution < 1.29 is 9.53 Å². The minimum Gasteiger partial charge on any atom is -0.381 e. The van der Waals surface area contributed by atoms with Crippen molar-refractivity contribution in [1.82, 2.24) is 10.3 Å². The lowest BCUT2D eigenvalue weighted by Crippen LogP contribution is -2.26. The van der Waals surface area contributed by atoms with Gasteiger partial charge in [-0.15, -0.1) is 11.3 Å². The van der Waals surface area contributed by atoms with Crippen LogP contribution in [0.2, 0.25) is 0 Å². The van der Waals surface area contributed by atoms with Gasteiger partial charge >= 0.3 is 0 Å². The Kier molecular flexibility index (Phi) is 5.13. The topological polar surface area (TPSA) is 51.2 Å². The first-order chi connectivity index (χ1) is 8.75. The fraction of sp³-hybridized carbons (Fsp3) is 0.692. The summed E-state index contributed by atoms with van der Waals surface area (Å²) in [5.41, 5.74) is 3.00. The van der Waals surface area contributed by atoms with E-state index in [1.165, 1.54) is 4.88 Å². The summed E-state index contributed by atoms with van der Waals surface area (Å²) in [4.78, 5) is 17.2. The third kappa shape index (κ3) is 4.07. The van der Waals surface area contributed by atoms with Gasteiger partial charge in [-0.25, -0.2) is 4.98 Å². The van der Waals surface area contributed by atoms with Crippen LogP contribution >= 0.6 is 11.3 Å². The van der Waals surface area contributed by atoms with E-state index in [2.05, 4.69) is 10.3 Å². The summed E-state index contributed by atoms with van der Waals surface area (Å²) in [6, 6.07) is 0. The molecule has 1 saturated heterocycles. The van der Waals surface area contributed by atoms with Gasteiger partial charge in [0, 0.05) is 31.1 Å². The van der Waals surface area contributed by atoms with Gasteiger partial charge < -0.3 is 10.1 Å². The number of nitrogens with zero attached hydrogens (tertiary/aromatic N) is 1. The molecule has 1 aliphatic rings. The molecule has 1 aliphatic heterocycles. The summed E-state index contributed by atoms with van der Waals surface area (Å²) >= 11 is 1.69. The van der Waals surface area contributed by atoms with Gasteiger partial charge in [-0.1, -0.05) is 0 Å². The molecule has 0 aliphatic carbocycles. The van der Waals surface area contributed by atoms with Gasteiger partial charge in [-0.3, -0.25) is 4.79 Å². The first kappa shape index (κ1) is 13.5. The fourth-order valence-electron chi connectivity index (χ4n) is 2.12. The van der Waals surface area contributed by atoms with Crippen LogP contribution in [0.5, 0.6) is 0 Å². The van der Waals surface area contributed by atoms with Gasteiger partial charge in [-0.05, 0) is 32.1 Å². The molecule has 0 radical (unpaired) electrons. The molecular formula is C13H20N2O2S. The van der Waals surface area contributed by atoms with Gasteiger partial charge in [-0.2, -0.15) is 0 Å². The van der Waals surface area contributed by atoms with E-state index >= 15 is 0 Å². The smallest absolute Gasteiger partial charge is 0.220 e. The van der Waals surface area contributed by atoms with Gasteiger partial charge in [0.15, 0.2) is 0 Å². The second-order valence-corrected chi connectivity index (χ2v) is 5.69. The summed E-state index contributed by atoms with van der Waals surface area (Å²) < 4.78 is 5.26. The first-order valence-electron chi connectivity index (χ1n) is 6.49. The third-order valence-corrected chi connectivity index (χ3v) is 4.24. The van der Waals surface area contributed by atoms with Crippen LogP contribution in [0.3, 0.4) is 0 Å². The number of ether oxygens (including phenoxy) is 1. The van der Waals surface area contributed by atoms with Crippen LogP contribution in [0.4, 0.5) is 0 Å². The van der Waals surface area contributed by atoms with Gasteiger partial charge in [0.1, 0.15) is 0 Å². The molecule has 5 heteroatoms. The lowest BCUT2D eigenvalue weighted by atomic mass is 10.0. The zero-order chi connectivity index (χ0) is 12.8. The molecule has 1 aromatic rings. The molecule has 1 amide bonds. The standard InChI is InChI=1S/C13H20N2O2S/c1-10-12(18-9-15-10)3-2-5-14-13(16)7-11-4-6-17-8-11/h9,11H,2-8H2,1H3,(H,14,16)/t11-/m1/s1. The van der Waals surface area contributed by atoms with Crippen LogP contribution in [0.25, 0.3) is 0 Å². The Labute approximate surface area is 112 Å². The first-order valence-corrected chi connectivity index (χ1v) is 7.37. The van der Waals surface area contributed by atoms with Crippen LogP contribution in [0.15, 0.2) is 5.51 Å². The fourth-order valence-corrected chi connectivity index (χ4v) is 2.95. The highest BCUT2D eigenvalue weighted by molar-refractivity contribution is 7.09. The van der Waals surface area contributed by atoms with Crippen LogP contribution < -0.4 is 5.32 Å². The van der Waals surface area contributed by atoms with Crippen molar-refractivity contribution in [2.75, 3.05) is 19.8 Å². The molecule has 0 unspecified atom stereocenters. The Hall–Kier alpha value is -0.940. The third-order valence-electron chi connectivity index (χ3n) is 3.25. The second kappa shape index (κ2) is 6.85. The summed E-state index contributed by atoms with van der Waals surface area (Å²) in [5.74, 6) is 0.584. The summed E-state index contributed by atoms with van der Waals surface area (Å²) in [5, 5.41) is 2.98. The van der Waals surface area contributed by atoms with Crippen molar-refractivity contribution in [2.24, 2.45) is 5.92 Å². The van der Waals surface area contributed by atoms with Crippen LogP contribution in [-0.4, -0.2) is 30.6 Å². The van der Waals surface area contributed by atoms with E-state index in [0.717, 1.165) is 44.7 Å². The SMILES string of the molecule is Cc1ncsc1CCCNC(=O)C[C@H]1CCOC1. The maximum Gasteiger partial charge on any atom is 0.220 e. The Balaban J connectivity index is 1.57. The highest BCUT2D eigenvalue weighted by Crippen LogP contribution is 2.16. The predicted molar refractivity (Wildman–Crippen MR) is 71.7 cm³/mol. The second-order valence-electron chi connectivity index (χ2n) is 4.75. The number of thiazole rings is 1. The number of hydrogen-bond acceptors (Lipinski definition) is 4. The van der Waals surface area contributed by atoms with Crippen molar-refractivity contribution in [3.05, 3.63) is 16.1 Å². The zero-order valence-electron chi connectivity index (χ0n) is 10.8. The van der Waals surface area contributed by atoms with E-state index in [4.69, 9.17) is 4.74 Å². The number of amides is 1. The number of aromatic nitrogens is 1. The van der Waals surface area contributed by atoms with Crippen molar-refractivity contribution in [2.45, 2.75) is 32.6 Å². The highest BCUT2D eigenvalue weighted by atomic mass is 32.1. The number of aryl methyl sites for hydroxylation is 2. The van der Waals surface area contributed by atoms with E-state index in [0.29, 0.717) is 12.3 Å². The minimum absolute atomic E-state index is 0.159. The quantitative estimate of drug-likeness (QED) is 0.802. The lowest BCUT2D eigenvalue weighted by molar-refractivity contribution is -0.122. The zero-order valence-corrected chi connectivity index (χ0v) is 11.6. The molecule has 4 nitrogen and oxygen atoms in total. The molecule has 1 N–H and O–H groups in total.